The third-order valence-corrected chi connectivity index (χ3v) is 2.55. The second kappa shape index (κ2) is 5.01. The van der Waals surface area contributed by atoms with Crippen molar-refractivity contribution in [1.29, 1.82) is 0 Å². The molecule has 1 amide bonds. The Bertz CT molecular complexity index is 695. The number of benzene rings is 1. The molecule has 1 N–H and O–H groups in total. The highest BCUT2D eigenvalue weighted by atomic mass is 19.1. The van der Waals surface area contributed by atoms with Crippen molar-refractivity contribution in [3.05, 3.63) is 64.1 Å². The van der Waals surface area contributed by atoms with Gasteiger partial charge in [0.25, 0.3) is 11.5 Å². The van der Waals surface area contributed by atoms with Crippen molar-refractivity contribution in [2.24, 2.45) is 7.05 Å². The predicted octanol–water partition coefficient (Wildman–Crippen LogP) is 1.92. The molecule has 6 heteroatoms. The molecule has 1 aromatic heterocycles. The van der Waals surface area contributed by atoms with E-state index in [0.29, 0.717) is 6.07 Å². The number of rotatable bonds is 2. The summed E-state index contributed by atoms with van der Waals surface area (Å²) in [5.74, 6) is -2.39. The zero-order chi connectivity index (χ0) is 14.0. The van der Waals surface area contributed by atoms with E-state index in [1.807, 2.05) is 0 Å². The van der Waals surface area contributed by atoms with Gasteiger partial charge in [-0.05, 0) is 24.3 Å². The zero-order valence-corrected chi connectivity index (χ0v) is 9.98. The van der Waals surface area contributed by atoms with E-state index in [2.05, 4.69) is 5.32 Å². The molecule has 0 bridgehead atoms. The summed E-state index contributed by atoms with van der Waals surface area (Å²) in [6.07, 6.45) is 1.50. The fourth-order valence-electron chi connectivity index (χ4n) is 1.55. The average Bonchev–Trinajstić information content (AvgIpc) is 2.36. The van der Waals surface area contributed by atoms with Gasteiger partial charge >= 0.3 is 0 Å². The Morgan fingerprint density at radius 1 is 1.26 bits per heavy atom. The number of nitrogens with one attached hydrogen (secondary N) is 1. The highest BCUT2D eigenvalue weighted by Crippen LogP contribution is 2.15. The topological polar surface area (TPSA) is 51.1 Å². The molecular weight excluding hydrogens is 254 g/mol. The number of amides is 1. The molecule has 0 unspecified atom stereocenters. The van der Waals surface area contributed by atoms with Crippen LogP contribution in [0.1, 0.15) is 10.4 Å². The van der Waals surface area contributed by atoms with Crippen molar-refractivity contribution in [2.75, 3.05) is 5.32 Å². The van der Waals surface area contributed by atoms with E-state index in [9.17, 15) is 18.4 Å². The second-order valence-electron chi connectivity index (χ2n) is 3.92. The van der Waals surface area contributed by atoms with Crippen LogP contribution in [0.4, 0.5) is 14.5 Å². The smallest absolute Gasteiger partial charge is 0.263 e. The number of anilines is 1. The molecule has 1 aromatic carbocycles. The summed E-state index contributed by atoms with van der Waals surface area (Å²) in [4.78, 5) is 23.5. The lowest BCUT2D eigenvalue weighted by molar-refractivity contribution is 0.102. The highest BCUT2D eigenvalue weighted by molar-refractivity contribution is 6.04. The lowest BCUT2D eigenvalue weighted by Crippen LogP contribution is -2.27. The molecule has 19 heavy (non-hydrogen) atoms. The third kappa shape index (κ3) is 2.67. The molecule has 0 atom stereocenters. The van der Waals surface area contributed by atoms with Crippen molar-refractivity contribution in [3.63, 3.8) is 0 Å². The summed E-state index contributed by atoms with van der Waals surface area (Å²) in [5.41, 5.74) is -0.798. The molecular formula is C13H10F2N2O2. The predicted molar refractivity (Wildman–Crippen MR) is 66.0 cm³/mol. The maximum Gasteiger partial charge on any atom is 0.263 e. The minimum absolute atomic E-state index is 0.117. The van der Waals surface area contributed by atoms with Gasteiger partial charge in [-0.3, -0.25) is 9.59 Å². The van der Waals surface area contributed by atoms with Gasteiger partial charge in [-0.1, -0.05) is 0 Å². The van der Waals surface area contributed by atoms with Crippen LogP contribution in [0.2, 0.25) is 0 Å². The number of carbonyl (C=O) groups excluding carboxylic acids is 1. The normalized spacial score (nSPS) is 10.3. The van der Waals surface area contributed by atoms with Crippen molar-refractivity contribution >= 4 is 11.6 Å². The number of pyridine rings is 1. The van der Waals surface area contributed by atoms with Gasteiger partial charge in [0.15, 0.2) is 0 Å². The molecule has 98 valence electrons. The summed E-state index contributed by atoms with van der Waals surface area (Å²) in [6, 6.07) is 5.62. The van der Waals surface area contributed by atoms with Crippen LogP contribution in [-0.4, -0.2) is 10.5 Å². The SMILES string of the molecule is Cn1cccc(C(=O)Nc2ccc(F)cc2F)c1=O. The second-order valence-corrected chi connectivity index (χ2v) is 3.92. The van der Waals surface area contributed by atoms with Crippen molar-refractivity contribution in [3.8, 4) is 0 Å². The standard InChI is InChI=1S/C13H10F2N2O2/c1-17-6-2-3-9(13(17)19)12(18)16-11-5-4-8(14)7-10(11)15/h2-7H,1H3,(H,16,18). The number of aryl methyl sites for hydroxylation is 1. The number of hydrogen-bond donors (Lipinski definition) is 1. The first-order chi connectivity index (χ1) is 8.99. The summed E-state index contributed by atoms with van der Waals surface area (Å²) in [5, 5.41) is 2.23. The zero-order valence-electron chi connectivity index (χ0n) is 9.98. The first kappa shape index (κ1) is 12.9. The molecule has 0 saturated heterocycles. The molecule has 2 aromatic rings. The van der Waals surface area contributed by atoms with E-state index in [0.717, 1.165) is 12.1 Å². The Hall–Kier alpha value is -2.50. The summed E-state index contributed by atoms with van der Waals surface area (Å²) in [6.45, 7) is 0. The number of carbonyl (C=O) groups is 1. The lowest BCUT2D eigenvalue weighted by Gasteiger charge is -2.06. The van der Waals surface area contributed by atoms with Crippen LogP contribution in [-0.2, 0) is 7.05 Å². The Morgan fingerprint density at radius 3 is 2.68 bits per heavy atom. The van der Waals surface area contributed by atoms with Gasteiger partial charge in [0.1, 0.15) is 17.2 Å². The largest absolute Gasteiger partial charge is 0.319 e. The molecule has 0 spiro atoms. The Balaban J connectivity index is 2.31. The van der Waals surface area contributed by atoms with Crippen LogP contribution >= 0.6 is 0 Å². The van der Waals surface area contributed by atoms with Gasteiger partial charge in [0.2, 0.25) is 0 Å². The minimum Gasteiger partial charge on any atom is -0.319 e. The van der Waals surface area contributed by atoms with Crippen LogP contribution < -0.4 is 10.9 Å². The van der Waals surface area contributed by atoms with Crippen LogP contribution in [0.5, 0.6) is 0 Å². The van der Waals surface area contributed by atoms with Gasteiger partial charge in [-0.15, -0.1) is 0 Å². The van der Waals surface area contributed by atoms with Gasteiger partial charge in [-0.2, -0.15) is 0 Å². The minimum atomic E-state index is -0.902. The molecule has 0 aliphatic heterocycles. The molecule has 2 rings (SSSR count). The summed E-state index contributed by atoms with van der Waals surface area (Å²) >= 11 is 0. The highest BCUT2D eigenvalue weighted by Gasteiger charge is 2.13. The monoisotopic (exact) mass is 264 g/mol. The Morgan fingerprint density at radius 2 is 2.00 bits per heavy atom. The van der Waals surface area contributed by atoms with Gasteiger partial charge in [0, 0.05) is 19.3 Å². The number of nitrogens with zero attached hydrogens (tertiary/aromatic N) is 1. The summed E-state index contributed by atoms with van der Waals surface area (Å²) < 4.78 is 27.3. The molecule has 1 heterocycles. The van der Waals surface area contributed by atoms with Gasteiger partial charge < -0.3 is 9.88 Å². The van der Waals surface area contributed by atoms with Crippen molar-refractivity contribution in [2.45, 2.75) is 0 Å². The van der Waals surface area contributed by atoms with Crippen molar-refractivity contribution in [1.82, 2.24) is 4.57 Å². The Kier molecular flexibility index (Phi) is 3.41. The van der Waals surface area contributed by atoms with E-state index >= 15 is 0 Å². The molecule has 4 nitrogen and oxygen atoms in total. The molecule has 0 radical (unpaired) electrons. The first-order valence-corrected chi connectivity index (χ1v) is 5.41. The van der Waals surface area contributed by atoms with Crippen LogP contribution in [0.25, 0.3) is 0 Å². The lowest BCUT2D eigenvalue weighted by atomic mass is 10.2. The van der Waals surface area contributed by atoms with Crippen molar-refractivity contribution < 1.29 is 13.6 Å². The Labute approximate surface area is 107 Å². The molecule has 0 saturated carbocycles. The average molecular weight is 264 g/mol. The van der Waals surface area contributed by atoms with E-state index < -0.39 is 23.1 Å². The van der Waals surface area contributed by atoms with Crippen LogP contribution in [0.3, 0.4) is 0 Å². The molecule has 0 fully saturated rings. The molecule has 0 aliphatic carbocycles. The maximum absolute atomic E-state index is 13.4. The third-order valence-electron chi connectivity index (χ3n) is 2.55. The van der Waals surface area contributed by atoms with Gasteiger partial charge in [0.05, 0.1) is 5.69 Å². The van der Waals surface area contributed by atoms with E-state index in [-0.39, 0.29) is 11.3 Å². The maximum atomic E-state index is 13.4. The molecule has 0 aliphatic rings. The van der Waals surface area contributed by atoms with E-state index in [1.54, 1.807) is 0 Å². The van der Waals surface area contributed by atoms with Crippen LogP contribution in [0.15, 0.2) is 41.3 Å². The van der Waals surface area contributed by atoms with Gasteiger partial charge in [-0.25, -0.2) is 8.78 Å². The quantitative estimate of drug-likeness (QED) is 0.900. The first-order valence-electron chi connectivity index (χ1n) is 5.41. The van der Waals surface area contributed by atoms with E-state index in [1.165, 1.54) is 29.9 Å². The van der Waals surface area contributed by atoms with E-state index in [4.69, 9.17) is 0 Å². The van der Waals surface area contributed by atoms with Crippen LogP contribution in [0, 0.1) is 11.6 Å². The fraction of sp³-hybridized carbons (Fsp3) is 0.0769. The number of aromatic nitrogens is 1. The fourth-order valence-corrected chi connectivity index (χ4v) is 1.55. The number of halogens is 2. The summed E-state index contributed by atoms with van der Waals surface area (Å²) in [7, 11) is 1.50. The number of hydrogen-bond acceptors (Lipinski definition) is 2.